The zero-order valence-corrected chi connectivity index (χ0v) is 46.9. The van der Waals surface area contributed by atoms with E-state index in [1.54, 1.807) is 0 Å². The first-order valence-corrected chi connectivity index (χ1v) is 28.4. The van der Waals surface area contributed by atoms with Crippen molar-refractivity contribution in [3.8, 4) is 0 Å². The molecule has 0 saturated carbocycles. The van der Waals surface area contributed by atoms with Crippen LogP contribution in [-0.4, -0.2) is 44.9 Å². The van der Waals surface area contributed by atoms with Crippen molar-refractivity contribution in [2.45, 2.75) is 153 Å². The van der Waals surface area contributed by atoms with E-state index in [1.165, 1.54) is 44.8 Å². The fourth-order valence-corrected chi connectivity index (χ4v) is 11.1. The third kappa shape index (κ3) is 18.2. The second-order valence-electron chi connectivity index (χ2n) is 21.0. The first-order chi connectivity index (χ1) is 38.3. The van der Waals surface area contributed by atoms with Crippen molar-refractivity contribution >= 4 is 0 Å². The maximum atomic E-state index is 4.67. The maximum absolute atomic E-state index is 4.67. The highest BCUT2D eigenvalue weighted by atomic mass is 14.7. The van der Waals surface area contributed by atoms with E-state index in [1.807, 2.05) is 129 Å². The Labute approximate surface area is 466 Å². The van der Waals surface area contributed by atoms with E-state index in [0.29, 0.717) is 53.3 Å². The summed E-state index contributed by atoms with van der Waals surface area (Å²) in [6.07, 6.45) is 38.5. The zero-order chi connectivity index (χ0) is 54.6. The van der Waals surface area contributed by atoms with E-state index < -0.39 is 0 Å². The Hall–Kier alpha value is -7.65. The van der Waals surface area contributed by atoms with Gasteiger partial charge in [-0.15, -0.1) is 0 Å². The van der Waals surface area contributed by atoms with Crippen molar-refractivity contribution in [1.82, 2.24) is 44.9 Å². The van der Waals surface area contributed by atoms with Gasteiger partial charge in [0.05, 0.1) is 0 Å². The van der Waals surface area contributed by atoms with E-state index in [9.17, 15) is 0 Å². The Morgan fingerprint density at radius 1 is 0.256 bits per heavy atom. The predicted molar refractivity (Wildman–Crippen MR) is 318 cm³/mol. The molecule has 402 valence electrons. The Balaban J connectivity index is 0.000000170. The van der Waals surface area contributed by atoms with Crippen LogP contribution in [-0.2, 0) is 0 Å². The third-order valence-corrected chi connectivity index (χ3v) is 15.7. The van der Waals surface area contributed by atoms with Gasteiger partial charge in [0.2, 0.25) is 0 Å². The normalized spacial score (nSPS) is 14.5. The summed E-state index contributed by atoms with van der Waals surface area (Å²) in [5.74, 6) is 4.19. The molecule has 0 fully saturated rings. The largest absolute Gasteiger partial charge is 0.265 e. The lowest BCUT2D eigenvalue weighted by Crippen LogP contribution is -2.12. The minimum atomic E-state index is 0.389. The van der Waals surface area contributed by atoms with Gasteiger partial charge in [0.25, 0.3) is 0 Å². The molecule has 0 bridgehead atoms. The van der Waals surface area contributed by atoms with E-state index in [0.717, 1.165) is 63.5 Å². The molecule has 9 atom stereocenters. The molecule has 0 aliphatic carbocycles. The van der Waals surface area contributed by atoms with Crippen LogP contribution in [0, 0.1) is 0 Å². The standard InChI is InChI=1S/3C23H27N3/c1-3-19(21-6-12-25-13-7-21)17-23(22-8-14-26-15-9-22)16-18(2)20-4-10-24-11-5-20;1-3-19(21-8-5-11-25-16-21)14-23(22-9-6-12-26-17-22)13-18(2)20-7-4-10-24-15-20;1-3-19(22-11-5-8-14-25-22)17-20(23-12-6-9-15-26-23)16-18(2)21-10-4-7-13-24-21/h4-15,18-19,23H,3,16-17H2,1-2H3;4-12,15-19,23H,3,13-14H2,1-2H3;4-15,18-20H,3,16-17H2,1-2H3. The van der Waals surface area contributed by atoms with Crippen molar-refractivity contribution in [1.29, 1.82) is 0 Å². The monoisotopic (exact) mass is 1040 g/mol. The summed E-state index contributed by atoms with van der Waals surface area (Å²) in [4.78, 5) is 39.3. The highest BCUT2D eigenvalue weighted by molar-refractivity contribution is 5.25. The lowest BCUT2D eigenvalue weighted by Gasteiger charge is -2.26. The molecule has 0 spiro atoms. The van der Waals surface area contributed by atoms with Crippen LogP contribution in [0.4, 0.5) is 0 Å². The van der Waals surface area contributed by atoms with Crippen LogP contribution in [0.3, 0.4) is 0 Å². The molecule has 0 radical (unpaired) electrons. The molecular weight excluding hydrogens is 955 g/mol. The molecule has 9 nitrogen and oxygen atoms in total. The molecule has 9 aromatic rings. The van der Waals surface area contributed by atoms with Gasteiger partial charge in [0.15, 0.2) is 0 Å². The summed E-state index contributed by atoms with van der Waals surface area (Å²) in [6, 6.07) is 44.2. The lowest BCUT2D eigenvalue weighted by molar-refractivity contribution is 0.452. The minimum absolute atomic E-state index is 0.389. The topological polar surface area (TPSA) is 116 Å². The first-order valence-electron chi connectivity index (χ1n) is 28.4. The van der Waals surface area contributed by atoms with Crippen molar-refractivity contribution < 1.29 is 0 Å². The van der Waals surface area contributed by atoms with Crippen LogP contribution < -0.4 is 0 Å². The fraction of sp³-hybridized carbons (Fsp3) is 0.348. The highest BCUT2D eigenvalue weighted by Crippen LogP contribution is 2.40. The van der Waals surface area contributed by atoms with Crippen molar-refractivity contribution in [3.05, 3.63) is 271 Å². The van der Waals surface area contributed by atoms with Gasteiger partial charge in [-0.2, -0.15) is 0 Å². The molecule has 0 aliphatic rings. The molecular formula is C69H81N9. The van der Waals surface area contributed by atoms with Crippen LogP contribution in [0.15, 0.2) is 220 Å². The molecule has 9 rings (SSSR count). The minimum Gasteiger partial charge on any atom is -0.265 e. The number of pyridine rings is 9. The average Bonchev–Trinajstić information content (AvgIpc) is 3.52. The Kier molecular flexibility index (Phi) is 23.9. The number of hydrogen-bond donors (Lipinski definition) is 0. The van der Waals surface area contributed by atoms with Gasteiger partial charge >= 0.3 is 0 Å². The molecule has 9 unspecified atom stereocenters. The van der Waals surface area contributed by atoms with Gasteiger partial charge in [-0.25, -0.2) is 0 Å². The summed E-state index contributed by atoms with van der Waals surface area (Å²) in [5, 5.41) is 0. The molecule has 78 heavy (non-hydrogen) atoms. The molecule has 9 heterocycles. The van der Waals surface area contributed by atoms with Crippen molar-refractivity contribution in [2.24, 2.45) is 0 Å². The number of nitrogens with zero attached hydrogens (tertiary/aromatic N) is 9. The lowest BCUT2D eigenvalue weighted by atomic mass is 9.79. The van der Waals surface area contributed by atoms with Crippen LogP contribution >= 0.6 is 0 Å². The first kappa shape index (κ1) is 58.0. The van der Waals surface area contributed by atoms with Gasteiger partial charge in [-0.3, -0.25) is 44.9 Å². The predicted octanol–water partition coefficient (Wildman–Crippen LogP) is 17.2. The summed E-state index contributed by atoms with van der Waals surface area (Å²) < 4.78 is 0. The third-order valence-electron chi connectivity index (χ3n) is 15.7. The quantitative estimate of drug-likeness (QED) is 0.0583. The van der Waals surface area contributed by atoms with Crippen molar-refractivity contribution in [3.63, 3.8) is 0 Å². The highest BCUT2D eigenvalue weighted by Gasteiger charge is 2.25. The Bertz CT molecular complexity index is 2600. The molecule has 0 aliphatic heterocycles. The van der Waals surface area contributed by atoms with E-state index >= 15 is 0 Å². The Morgan fingerprint density at radius 2 is 0.615 bits per heavy atom. The van der Waals surface area contributed by atoms with E-state index in [-0.39, 0.29) is 0 Å². The summed E-state index contributed by atoms with van der Waals surface area (Å²) in [5.41, 5.74) is 11.6. The van der Waals surface area contributed by atoms with Crippen LogP contribution in [0.1, 0.15) is 203 Å². The summed E-state index contributed by atoms with van der Waals surface area (Å²) in [7, 11) is 0. The molecule has 0 aromatic carbocycles. The molecule has 0 saturated heterocycles. The van der Waals surface area contributed by atoms with Crippen LogP contribution in [0.25, 0.3) is 0 Å². The van der Waals surface area contributed by atoms with Gasteiger partial charge in [-0.1, -0.05) is 77.9 Å². The smallest absolute Gasteiger partial charge is 0.0434 e. The second-order valence-corrected chi connectivity index (χ2v) is 21.0. The molecule has 9 heteroatoms. The SMILES string of the molecule is CCC(CC(CC(C)c1ccccn1)c1ccccn1)c1ccccn1.CCC(CC(CC(C)c1cccnc1)c1cccnc1)c1cccnc1.CCC(CC(CC(C)c1ccncc1)c1ccncc1)c1ccncc1. The van der Waals surface area contributed by atoms with Crippen LogP contribution in [0.5, 0.6) is 0 Å². The van der Waals surface area contributed by atoms with Gasteiger partial charge in [-0.05, 0) is 224 Å². The van der Waals surface area contributed by atoms with E-state index in [4.69, 9.17) is 0 Å². The maximum Gasteiger partial charge on any atom is 0.0434 e. The molecule has 9 aromatic heterocycles. The summed E-state index contributed by atoms with van der Waals surface area (Å²) >= 11 is 0. The number of rotatable bonds is 24. The molecule has 0 N–H and O–H groups in total. The second kappa shape index (κ2) is 32.2. The van der Waals surface area contributed by atoms with Crippen molar-refractivity contribution in [2.75, 3.05) is 0 Å². The number of hydrogen-bond acceptors (Lipinski definition) is 9. The van der Waals surface area contributed by atoms with Gasteiger partial charge in [0.1, 0.15) is 0 Å². The van der Waals surface area contributed by atoms with Crippen LogP contribution in [0.2, 0.25) is 0 Å². The van der Waals surface area contributed by atoms with Gasteiger partial charge < -0.3 is 0 Å². The molecule has 0 amide bonds. The number of aromatic nitrogens is 9. The van der Waals surface area contributed by atoms with E-state index in [2.05, 4.69) is 177 Å². The van der Waals surface area contributed by atoms with Gasteiger partial charge in [0, 0.05) is 122 Å². The fourth-order valence-electron chi connectivity index (χ4n) is 11.1. The zero-order valence-electron chi connectivity index (χ0n) is 46.9. The summed E-state index contributed by atoms with van der Waals surface area (Å²) in [6.45, 7) is 13.7. The average molecular weight is 1040 g/mol. The Morgan fingerprint density at radius 3 is 1.05 bits per heavy atom.